The van der Waals surface area contributed by atoms with Crippen LogP contribution in [0.2, 0.25) is 0 Å². The standard InChI is InChI=1S/C21H18N4O3S/c1-26-11-3-6-13(7-4-11)29-19-14-8-5-12(27-2)9-16(14)28-21-17(19)18(23)15(10-22)20(24)25-21/h3-9,19H,1-2H3,(H4,23,24,25)/t19-/m0/s1. The Hall–Kier alpha value is -3.57. The van der Waals surface area contributed by atoms with Gasteiger partial charge in [-0.2, -0.15) is 10.2 Å². The zero-order chi connectivity index (χ0) is 20.5. The molecule has 0 bridgehead atoms. The molecular formula is C21H18N4O3S. The van der Waals surface area contributed by atoms with Crippen molar-refractivity contribution in [3.63, 3.8) is 0 Å². The van der Waals surface area contributed by atoms with Crippen LogP contribution < -0.4 is 25.7 Å². The van der Waals surface area contributed by atoms with Gasteiger partial charge in [-0.05, 0) is 30.3 Å². The van der Waals surface area contributed by atoms with E-state index in [0.717, 1.165) is 16.2 Å². The molecule has 0 aliphatic carbocycles. The van der Waals surface area contributed by atoms with Crippen LogP contribution in [0.4, 0.5) is 11.5 Å². The summed E-state index contributed by atoms with van der Waals surface area (Å²) in [4.78, 5) is 5.30. The van der Waals surface area contributed by atoms with Crippen molar-refractivity contribution >= 4 is 23.3 Å². The molecule has 4 rings (SSSR count). The summed E-state index contributed by atoms with van der Waals surface area (Å²) in [5.41, 5.74) is 14.2. The normalized spacial score (nSPS) is 14.2. The van der Waals surface area contributed by atoms with Gasteiger partial charge in [0.25, 0.3) is 0 Å². The lowest BCUT2D eigenvalue weighted by atomic mass is 9.98. The molecule has 146 valence electrons. The number of aromatic nitrogens is 1. The van der Waals surface area contributed by atoms with E-state index in [1.54, 1.807) is 32.0 Å². The van der Waals surface area contributed by atoms with E-state index in [1.165, 1.54) is 0 Å². The number of ether oxygens (including phenoxy) is 3. The number of rotatable bonds is 4. The summed E-state index contributed by atoms with van der Waals surface area (Å²) in [7, 11) is 3.22. The number of anilines is 2. The van der Waals surface area contributed by atoms with Gasteiger partial charge in [0, 0.05) is 16.5 Å². The number of nitrogens with zero attached hydrogens (tertiary/aromatic N) is 2. The Morgan fingerprint density at radius 3 is 2.41 bits per heavy atom. The number of fused-ring (bicyclic) bond motifs is 2. The van der Waals surface area contributed by atoms with Crippen LogP contribution in [-0.4, -0.2) is 19.2 Å². The van der Waals surface area contributed by atoms with E-state index in [0.29, 0.717) is 22.9 Å². The largest absolute Gasteiger partial charge is 0.497 e. The van der Waals surface area contributed by atoms with Crippen LogP contribution in [0.25, 0.3) is 0 Å². The second-order valence-corrected chi connectivity index (χ2v) is 7.47. The van der Waals surface area contributed by atoms with E-state index in [1.807, 2.05) is 42.5 Å². The minimum absolute atomic E-state index is 0.0447. The molecular weight excluding hydrogens is 388 g/mol. The molecule has 3 aromatic rings. The lowest BCUT2D eigenvalue weighted by Crippen LogP contribution is -2.15. The number of hydrogen-bond acceptors (Lipinski definition) is 8. The Labute approximate surface area is 172 Å². The second kappa shape index (κ2) is 7.45. The summed E-state index contributed by atoms with van der Waals surface area (Å²) in [6.07, 6.45) is 0. The SMILES string of the molecule is COc1ccc(S[C@H]2c3ccc(OC)cc3Oc3nc(N)c(C#N)c(N)c32)cc1. The first-order valence-electron chi connectivity index (χ1n) is 8.71. The van der Waals surface area contributed by atoms with Crippen molar-refractivity contribution in [1.82, 2.24) is 4.98 Å². The molecule has 29 heavy (non-hydrogen) atoms. The number of hydrogen-bond donors (Lipinski definition) is 2. The van der Waals surface area contributed by atoms with E-state index in [4.69, 9.17) is 25.7 Å². The van der Waals surface area contributed by atoms with Gasteiger partial charge in [0.2, 0.25) is 5.88 Å². The first-order valence-corrected chi connectivity index (χ1v) is 9.59. The van der Waals surface area contributed by atoms with Gasteiger partial charge < -0.3 is 25.7 Å². The summed E-state index contributed by atoms with van der Waals surface area (Å²) in [5.74, 6) is 2.38. The fourth-order valence-electron chi connectivity index (χ4n) is 3.18. The summed E-state index contributed by atoms with van der Waals surface area (Å²) >= 11 is 1.58. The minimum Gasteiger partial charge on any atom is -0.497 e. The molecule has 1 atom stereocenters. The lowest BCUT2D eigenvalue weighted by Gasteiger charge is -2.29. The number of benzene rings is 2. The van der Waals surface area contributed by atoms with Crippen LogP contribution in [0, 0.1) is 11.3 Å². The van der Waals surface area contributed by atoms with E-state index in [2.05, 4.69) is 4.98 Å². The number of pyridine rings is 1. The molecule has 0 saturated carbocycles. The maximum absolute atomic E-state index is 9.47. The van der Waals surface area contributed by atoms with Crippen LogP contribution in [0.3, 0.4) is 0 Å². The maximum atomic E-state index is 9.47. The Morgan fingerprint density at radius 1 is 1.07 bits per heavy atom. The Balaban J connectivity index is 1.87. The molecule has 7 nitrogen and oxygen atoms in total. The number of methoxy groups -OCH3 is 2. The molecule has 0 radical (unpaired) electrons. The number of nitrogen functional groups attached to an aromatic ring is 2. The van der Waals surface area contributed by atoms with Crippen molar-refractivity contribution in [2.24, 2.45) is 0 Å². The molecule has 1 aliphatic rings. The molecule has 0 fully saturated rings. The molecule has 2 aromatic carbocycles. The van der Waals surface area contributed by atoms with E-state index >= 15 is 0 Å². The first kappa shape index (κ1) is 18.8. The van der Waals surface area contributed by atoms with Gasteiger partial charge in [0.1, 0.15) is 34.7 Å². The maximum Gasteiger partial charge on any atom is 0.228 e. The van der Waals surface area contributed by atoms with E-state index in [9.17, 15) is 5.26 Å². The third-order valence-electron chi connectivity index (χ3n) is 4.67. The highest BCUT2D eigenvalue weighted by molar-refractivity contribution is 7.99. The van der Waals surface area contributed by atoms with Gasteiger partial charge in [-0.3, -0.25) is 0 Å². The smallest absolute Gasteiger partial charge is 0.228 e. The Morgan fingerprint density at radius 2 is 1.76 bits per heavy atom. The highest BCUT2D eigenvalue weighted by atomic mass is 32.2. The van der Waals surface area contributed by atoms with Crippen molar-refractivity contribution in [3.05, 3.63) is 59.2 Å². The molecule has 0 unspecified atom stereocenters. The third kappa shape index (κ3) is 3.26. The fraction of sp³-hybridized carbons (Fsp3) is 0.143. The van der Waals surface area contributed by atoms with Crippen LogP contribution in [0.15, 0.2) is 47.4 Å². The van der Waals surface area contributed by atoms with Gasteiger partial charge in [0.15, 0.2) is 0 Å². The topological polar surface area (TPSA) is 116 Å². The molecule has 0 saturated heterocycles. The van der Waals surface area contributed by atoms with Crippen molar-refractivity contribution in [2.75, 3.05) is 25.7 Å². The van der Waals surface area contributed by atoms with Crippen molar-refractivity contribution in [2.45, 2.75) is 10.1 Å². The molecule has 0 spiro atoms. The van der Waals surface area contributed by atoms with Gasteiger partial charge >= 0.3 is 0 Å². The molecule has 0 amide bonds. The highest BCUT2D eigenvalue weighted by Crippen LogP contribution is 2.54. The number of thioether (sulfide) groups is 1. The zero-order valence-corrected chi connectivity index (χ0v) is 16.6. The Kier molecular flexibility index (Phi) is 4.82. The zero-order valence-electron chi connectivity index (χ0n) is 15.8. The van der Waals surface area contributed by atoms with Crippen LogP contribution in [0.1, 0.15) is 21.9 Å². The molecule has 4 N–H and O–H groups in total. The predicted molar refractivity (Wildman–Crippen MR) is 112 cm³/mol. The minimum atomic E-state index is -0.242. The monoisotopic (exact) mass is 406 g/mol. The summed E-state index contributed by atoms with van der Waals surface area (Å²) in [6, 6.07) is 15.3. The third-order valence-corrected chi connectivity index (χ3v) is 5.93. The summed E-state index contributed by atoms with van der Waals surface area (Å²) < 4.78 is 16.5. The van der Waals surface area contributed by atoms with Crippen molar-refractivity contribution < 1.29 is 14.2 Å². The Bertz CT molecular complexity index is 1130. The summed E-state index contributed by atoms with van der Waals surface area (Å²) in [6.45, 7) is 0. The number of nitrogens with two attached hydrogens (primary N) is 2. The molecule has 8 heteroatoms. The van der Waals surface area contributed by atoms with E-state index in [-0.39, 0.29) is 22.3 Å². The van der Waals surface area contributed by atoms with Crippen molar-refractivity contribution in [3.8, 4) is 29.2 Å². The number of nitriles is 1. The van der Waals surface area contributed by atoms with Gasteiger partial charge in [-0.15, -0.1) is 11.8 Å². The van der Waals surface area contributed by atoms with Crippen LogP contribution in [0.5, 0.6) is 23.1 Å². The highest BCUT2D eigenvalue weighted by Gasteiger charge is 2.33. The summed E-state index contributed by atoms with van der Waals surface area (Å²) in [5, 5.41) is 9.23. The van der Waals surface area contributed by atoms with Crippen molar-refractivity contribution in [1.29, 1.82) is 5.26 Å². The van der Waals surface area contributed by atoms with Crippen LogP contribution in [-0.2, 0) is 0 Å². The second-order valence-electron chi connectivity index (χ2n) is 6.30. The van der Waals surface area contributed by atoms with Gasteiger partial charge in [0.05, 0.1) is 30.7 Å². The lowest BCUT2D eigenvalue weighted by molar-refractivity contribution is 0.402. The first-order chi connectivity index (χ1) is 14.0. The van der Waals surface area contributed by atoms with Crippen LogP contribution >= 0.6 is 11.8 Å². The molecule has 1 aliphatic heterocycles. The average Bonchev–Trinajstić information content (AvgIpc) is 2.73. The van der Waals surface area contributed by atoms with Gasteiger partial charge in [-0.1, -0.05) is 6.07 Å². The molecule has 1 aromatic heterocycles. The average molecular weight is 406 g/mol. The van der Waals surface area contributed by atoms with Gasteiger partial charge in [-0.25, -0.2) is 0 Å². The predicted octanol–water partition coefficient (Wildman–Crippen LogP) is 4.12. The fourth-order valence-corrected chi connectivity index (χ4v) is 4.41. The van der Waals surface area contributed by atoms with E-state index < -0.39 is 0 Å². The quantitative estimate of drug-likeness (QED) is 0.664. The molecule has 2 heterocycles.